The largest absolute Gasteiger partial charge is 0.363 e. The highest BCUT2D eigenvalue weighted by atomic mass is 15.2. The molecule has 1 heterocycles. The van der Waals surface area contributed by atoms with Crippen LogP contribution in [0, 0.1) is 0 Å². The summed E-state index contributed by atoms with van der Waals surface area (Å²) in [4.78, 5) is 2.52. The molecule has 21 heavy (non-hydrogen) atoms. The molecule has 1 aliphatic heterocycles. The maximum absolute atomic E-state index is 6.37. The van der Waals surface area contributed by atoms with Gasteiger partial charge in [0.15, 0.2) is 0 Å². The van der Waals surface area contributed by atoms with Crippen LogP contribution in [0.15, 0.2) is 54.6 Å². The normalized spacial score (nSPS) is 17.7. The Labute approximate surface area is 127 Å². The van der Waals surface area contributed by atoms with Gasteiger partial charge in [0.05, 0.1) is 6.04 Å². The Hall–Kier alpha value is -1.80. The van der Waals surface area contributed by atoms with Crippen LogP contribution >= 0.6 is 0 Å². The number of anilines is 1. The van der Waals surface area contributed by atoms with Crippen molar-refractivity contribution in [1.29, 1.82) is 0 Å². The zero-order valence-corrected chi connectivity index (χ0v) is 12.7. The molecule has 2 heteroatoms. The summed E-state index contributed by atoms with van der Waals surface area (Å²) in [7, 11) is 0. The highest BCUT2D eigenvalue weighted by Gasteiger charge is 2.26. The molecule has 3 rings (SSSR count). The second-order valence-electron chi connectivity index (χ2n) is 5.99. The van der Waals surface area contributed by atoms with E-state index in [9.17, 15) is 0 Å². The average Bonchev–Trinajstić information content (AvgIpc) is 2.71. The molecule has 0 spiro atoms. The number of para-hydroxylation sites is 1. The average molecular weight is 280 g/mol. The molecule has 0 saturated heterocycles. The predicted molar refractivity (Wildman–Crippen MR) is 89.6 cm³/mol. The van der Waals surface area contributed by atoms with Gasteiger partial charge in [0.2, 0.25) is 0 Å². The Balaban J connectivity index is 2.03. The standard InChI is InChI=1S/C19H24N2/c1-15(20)19(17-11-3-2-4-12-17)21-14-8-7-10-16-9-5-6-13-18(16)21/h2-6,9,11-13,15,19H,7-8,10,14,20H2,1H3. The van der Waals surface area contributed by atoms with Gasteiger partial charge < -0.3 is 10.6 Å². The van der Waals surface area contributed by atoms with Crippen LogP contribution in [0.5, 0.6) is 0 Å². The SMILES string of the molecule is CC(N)C(c1ccccc1)N1CCCCc2ccccc21. The first-order valence-corrected chi connectivity index (χ1v) is 7.92. The van der Waals surface area contributed by atoms with Crippen LogP contribution < -0.4 is 10.6 Å². The van der Waals surface area contributed by atoms with Crippen molar-refractivity contribution < 1.29 is 0 Å². The van der Waals surface area contributed by atoms with Gasteiger partial charge in [-0.3, -0.25) is 0 Å². The third kappa shape index (κ3) is 2.96. The van der Waals surface area contributed by atoms with Crippen molar-refractivity contribution in [2.45, 2.75) is 38.3 Å². The number of hydrogen-bond acceptors (Lipinski definition) is 2. The van der Waals surface area contributed by atoms with Gasteiger partial charge in [-0.05, 0) is 43.4 Å². The molecule has 2 aromatic carbocycles. The van der Waals surface area contributed by atoms with Gasteiger partial charge in [0.1, 0.15) is 0 Å². The summed E-state index contributed by atoms with van der Waals surface area (Å²) in [5, 5.41) is 0. The summed E-state index contributed by atoms with van der Waals surface area (Å²) in [6.07, 6.45) is 3.66. The smallest absolute Gasteiger partial charge is 0.0690 e. The molecule has 2 atom stereocenters. The van der Waals surface area contributed by atoms with E-state index in [1.807, 2.05) is 0 Å². The topological polar surface area (TPSA) is 29.3 Å². The summed E-state index contributed by atoms with van der Waals surface area (Å²) in [5.41, 5.74) is 10.5. The lowest BCUT2D eigenvalue weighted by atomic mass is 9.97. The summed E-state index contributed by atoms with van der Waals surface area (Å²) >= 11 is 0. The first-order chi connectivity index (χ1) is 10.3. The molecule has 0 aliphatic carbocycles. The van der Waals surface area contributed by atoms with Crippen LogP contribution in [0.3, 0.4) is 0 Å². The van der Waals surface area contributed by atoms with E-state index in [1.54, 1.807) is 0 Å². The van der Waals surface area contributed by atoms with Gasteiger partial charge in [-0.15, -0.1) is 0 Å². The maximum Gasteiger partial charge on any atom is 0.0690 e. The van der Waals surface area contributed by atoms with Gasteiger partial charge in [-0.2, -0.15) is 0 Å². The zero-order chi connectivity index (χ0) is 14.7. The lowest BCUT2D eigenvalue weighted by Crippen LogP contribution is -2.40. The minimum absolute atomic E-state index is 0.0959. The van der Waals surface area contributed by atoms with Crippen molar-refractivity contribution in [2.24, 2.45) is 5.73 Å². The Morgan fingerprint density at radius 3 is 2.43 bits per heavy atom. The van der Waals surface area contributed by atoms with E-state index in [2.05, 4.69) is 66.4 Å². The number of aryl methyl sites for hydroxylation is 1. The second kappa shape index (κ2) is 6.31. The highest BCUT2D eigenvalue weighted by Crippen LogP contribution is 2.34. The van der Waals surface area contributed by atoms with Crippen molar-refractivity contribution in [3.63, 3.8) is 0 Å². The molecule has 0 amide bonds. The van der Waals surface area contributed by atoms with Crippen LogP contribution in [-0.2, 0) is 6.42 Å². The number of benzene rings is 2. The predicted octanol–water partition coefficient (Wildman–Crippen LogP) is 3.92. The number of nitrogens with two attached hydrogens (primary N) is 1. The molecule has 2 N–H and O–H groups in total. The third-order valence-electron chi connectivity index (χ3n) is 4.37. The van der Waals surface area contributed by atoms with Crippen LogP contribution in [0.25, 0.3) is 0 Å². The maximum atomic E-state index is 6.37. The van der Waals surface area contributed by atoms with Gasteiger partial charge in [-0.25, -0.2) is 0 Å². The van der Waals surface area contributed by atoms with Gasteiger partial charge >= 0.3 is 0 Å². The molecular weight excluding hydrogens is 256 g/mol. The van der Waals surface area contributed by atoms with Crippen molar-refractivity contribution >= 4 is 5.69 Å². The Kier molecular flexibility index (Phi) is 4.26. The molecule has 2 unspecified atom stereocenters. The van der Waals surface area contributed by atoms with E-state index < -0.39 is 0 Å². The summed E-state index contributed by atoms with van der Waals surface area (Å²) in [6.45, 7) is 3.20. The van der Waals surface area contributed by atoms with Gasteiger partial charge in [0, 0.05) is 18.3 Å². The lowest BCUT2D eigenvalue weighted by molar-refractivity contribution is 0.524. The summed E-state index contributed by atoms with van der Waals surface area (Å²) in [6, 6.07) is 19.8. The third-order valence-corrected chi connectivity index (χ3v) is 4.37. The van der Waals surface area contributed by atoms with Crippen molar-refractivity contribution in [3.8, 4) is 0 Å². The lowest BCUT2D eigenvalue weighted by Gasteiger charge is -2.36. The first-order valence-electron chi connectivity index (χ1n) is 7.92. The van der Waals surface area contributed by atoms with Crippen molar-refractivity contribution in [2.75, 3.05) is 11.4 Å². The monoisotopic (exact) mass is 280 g/mol. The molecule has 1 aliphatic rings. The zero-order valence-electron chi connectivity index (χ0n) is 12.7. The highest BCUT2D eigenvalue weighted by molar-refractivity contribution is 5.56. The van der Waals surface area contributed by atoms with Crippen LogP contribution in [0.4, 0.5) is 5.69 Å². The molecule has 0 radical (unpaired) electrons. The molecule has 2 aromatic rings. The van der Waals surface area contributed by atoms with Crippen molar-refractivity contribution in [1.82, 2.24) is 0 Å². The molecule has 0 bridgehead atoms. The number of hydrogen-bond donors (Lipinski definition) is 1. The van der Waals surface area contributed by atoms with E-state index in [1.165, 1.54) is 36.1 Å². The van der Waals surface area contributed by atoms with Crippen LogP contribution in [0.1, 0.15) is 36.9 Å². The first kappa shape index (κ1) is 14.2. The fourth-order valence-electron chi connectivity index (χ4n) is 3.43. The fraction of sp³-hybridized carbons (Fsp3) is 0.368. The van der Waals surface area contributed by atoms with E-state index in [0.29, 0.717) is 0 Å². The van der Waals surface area contributed by atoms with E-state index in [0.717, 1.165) is 6.54 Å². The Morgan fingerprint density at radius 2 is 1.67 bits per heavy atom. The molecule has 0 saturated carbocycles. The van der Waals surface area contributed by atoms with E-state index in [4.69, 9.17) is 5.73 Å². The van der Waals surface area contributed by atoms with E-state index in [-0.39, 0.29) is 12.1 Å². The molecule has 2 nitrogen and oxygen atoms in total. The van der Waals surface area contributed by atoms with Gasteiger partial charge in [0.25, 0.3) is 0 Å². The minimum Gasteiger partial charge on any atom is -0.363 e. The Morgan fingerprint density at radius 1 is 0.952 bits per heavy atom. The molecule has 0 fully saturated rings. The minimum atomic E-state index is 0.0959. The Bertz CT molecular complexity index is 577. The van der Waals surface area contributed by atoms with Crippen molar-refractivity contribution in [3.05, 3.63) is 65.7 Å². The number of fused-ring (bicyclic) bond motifs is 1. The molecular formula is C19H24N2. The van der Waals surface area contributed by atoms with Gasteiger partial charge in [-0.1, -0.05) is 48.5 Å². The van der Waals surface area contributed by atoms with Crippen LogP contribution in [0.2, 0.25) is 0 Å². The molecule has 110 valence electrons. The fourth-order valence-corrected chi connectivity index (χ4v) is 3.43. The molecule has 0 aromatic heterocycles. The second-order valence-corrected chi connectivity index (χ2v) is 5.99. The number of nitrogens with zero attached hydrogens (tertiary/aromatic N) is 1. The van der Waals surface area contributed by atoms with Crippen LogP contribution in [-0.4, -0.2) is 12.6 Å². The summed E-state index contributed by atoms with van der Waals surface area (Å²) < 4.78 is 0. The summed E-state index contributed by atoms with van der Waals surface area (Å²) in [5.74, 6) is 0. The quantitative estimate of drug-likeness (QED) is 0.923. The van der Waals surface area contributed by atoms with E-state index >= 15 is 0 Å². The number of rotatable bonds is 3.